The third-order valence-corrected chi connectivity index (χ3v) is 3.72. The quantitative estimate of drug-likeness (QED) is 0.842. The van der Waals surface area contributed by atoms with Crippen LogP contribution >= 0.6 is 0 Å². The Kier molecular flexibility index (Phi) is 3.16. The fourth-order valence-electron chi connectivity index (χ4n) is 2.68. The van der Waals surface area contributed by atoms with E-state index in [0.29, 0.717) is 5.82 Å². The second-order valence-corrected chi connectivity index (χ2v) is 6.81. The number of amides is 1. The highest BCUT2D eigenvalue weighted by Crippen LogP contribution is 2.36. The fourth-order valence-corrected chi connectivity index (χ4v) is 2.68. The molecule has 2 heterocycles. The minimum absolute atomic E-state index is 0.0663. The molecule has 0 saturated carbocycles. The van der Waals surface area contributed by atoms with Gasteiger partial charge in [-0.1, -0.05) is 12.1 Å². The number of anilines is 2. The summed E-state index contributed by atoms with van der Waals surface area (Å²) < 4.78 is 1.77. The number of tetrazole rings is 1. The summed E-state index contributed by atoms with van der Waals surface area (Å²) >= 11 is 0. The maximum Gasteiger partial charge on any atom is 0.227 e. The van der Waals surface area contributed by atoms with E-state index in [1.54, 1.807) is 4.68 Å². The van der Waals surface area contributed by atoms with Crippen molar-refractivity contribution in [1.82, 2.24) is 20.2 Å². The van der Waals surface area contributed by atoms with Gasteiger partial charge in [0.25, 0.3) is 0 Å². The van der Waals surface area contributed by atoms with Crippen molar-refractivity contribution in [2.24, 2.45) is 0 Å². The zero-order valence-corrected chi connectivity index (χ0v) is 13.2. The second-order valence-electron chi connectivity index (χ2n) is 6.81. The Labute approximate surface area is 129 Å². The number of benzene rings is 1. The predicted molar refractivity (Wildman–Crippen MR) is 83.5 cm³/mol. The SMILES string of the molecule is CC1(c2nnnn2C(C)(C)C)CC(=O)Nc2ccccc2N1. The first-order valence-electron chi connectivity index (χ1n) is 7.26. The summed E-state index contributed by atoms with van der Waals surface area (Å²) in [5.41, 5.74) is 0.671. The van der Waals surface area contributed by atoms with Gasteiger partial charge in [0.15, 0.2) is 5.82 Å². The number of hydrogen-bond acceptors (Lipinski definition) is 5. The fraction of sp³-hybridized carbons (Fsp3) is 0.467. The molecule has 3 rings (SSSR count). The highest BCUT2D eigenvalue weighted by molar-refractivity contribution is 5.96. The average Bonchev–Trinajstić information content (AvgIpc) is 2.86. The summed E-state index contributed by atoms with van der Waals surface area (Å²) in [6.07, 6.45) is 0.248. The highest BCUT2D eigenvalue weighted by atomic mass is 16.1. The van der Waals surface area contributed by atoms with Crippen LogP contribution in [-0.4, -0.2) is 26.1 Å². The number of nitrogens with one attached hydrogen (secondary N) is 2. The van der Waals surface area contributed by atoms with E-state index in [1.165, 1.54) is 0 Å². The lowest BCUT2D eigenvalue weighted by Gasteiger charge is -2.31. The Morgan fingerprint density at radius 3 is 2.59 bits per heavy atom. The van der Waals surface area contributed by atoms with Crippen LogP contribution in [0.4, 0.5) is 11.4 Å². The summed E-state index contributed by atoms with van der Waals surface area (Å²) in [5, 5.41) is 18.5. The van der Waals surface area contributed by atoms with Gasteiger partial charge in [0.05, 0.1) is 23.3 Å². The molecule has 116 valence electrons. The van der Waals surface area contributed by atoms with Crippen LogP contribution in [0.3, 0.4) is 0 Å². The predicted octanol–water partition coefficient (Wildman–Crippen LogP) is 2.10. The number of hydrogen-bond donors (Lipinski definition) is 2. The molecular formula is C15H20N6O. The summed E-state index contributed by atoms with van der Waals surface area (Å²) in [6, 6.07) is 7.63. The Morgan fingerprint density at radius 2 is 1.91 bits per heavy atom. The second kappa shape index (κ2) is 4.79. The van der Waals surface area contributed by atoms with E-state index >= 15 is 0 Å². The number of fused-ring (bicyclic) bond motifs is 1. The van der Waals surface area contributed by atoms with Crippen LogP contribution in [0.25, 0.3) is 0 Å². The Balaban J connectivity index is 2.10. The molecule has 22 heavy (non-hydrogen) atoms. The van der Waals surface area contributed by atoms with Crippen molar-refractivity contribution in [2.75, 3.05) is 10.6 Å². The number of carbonyl (C=O) groups is 1. The lowest BCUT2D eigenvalue weighted by Crippen LogP contribution is -2.40. The van der Waals surface area contributed by atoms with E-state index in [1.807, 2.05) is 52.0 Å². The van der Waals surface area contributed by atoms with Crippen molar-refractivity contribution in [1.29, 1.82) is 0 Å². The largest absolute Gasteiger partial charge is 0.371 e. The van der Waals surface area contributed by atoms with Crippen LogP contribution in [0.2, 0.25) is 0 Å². The van der Waals surface area contributed by atoms with Crippen LogP contribution in [0.1, 0.15) is 39.9 Å². The highest BCUT2D eigenvalue weighted by Gasteiger charge is 2.39. The van der Waals surface area contributed by atoms with Crippen LogP contribution in [0.15, 0.2) is 24.3 Å². The van der Waals surface area contributed by atoms with Crippen molar-refractivity contribution < 1.29 is 4.79 Å². The molecule has 1 amide bonds. The number of rotatable bonds is 1. The van der Waals surface area contributed by atoms with Gasteiger partial charge < -0.3 is 10.6 Å². The van der Waals surface area contributed by atoms with Gasteiger partial charge in [0.1, 0.15) is 5.54 Å². The topological polar surface area (TPSA) is 84.7 Å². The smallest absolute Gasteiger partial charge is 0.227 e. The molecule has 0 spiro atoms. The Morgan fingerprint density at radius 1 is 1.23 bits per heavy atom. The van der Waals surface area contributed by atoms with E-state index in [2.05, 4.69) is 26.2 Å². The van der Waals surface area contributed by atoms with Crippen molar-refractivity contribution >= 4 is 17.3 Å². The molecule has 1 aliphatic heterocycles. The zero-order chi connectivity index (χ0) is 16.0. The molecule has 1 aromatic heterocycles. The molecule has 1 atom stereocenters. The van der Waals surface area contributed by atoms with Crippen molar-refractivity contribution in [3.63, 3.8) is 0 Å². The molecule has 7 nitrogen and oxygen atoms in total. The molecule has 1 aliphatic rings. The van der Waals surface area contributed by atoms with E-state index < -0.39 is 5.54 Å². The zero-order valence-electron chi connectivity index (χ0n) is 13.2. The lowest BCUT2D eigenvalue weighted by molar-refractivity contribution is -0.117. The molecule has 0 radical (unpaired) electrons. The normalized spacial score (nSPS) is 21.5. The molecule has 2 aromatic rings. The summed E-state index contributed by atoms with van der Waals surface area (Å²) in [5.74, 6) is 0.579. The van der Waals surface area contributed by atoms with E-state index in [0.717, 1.165) is 11.4 Å². The molecule has 0 aliphatic carbocycles. The van der Waals surface area contributed by atoms with Crippen LogP contribution in [0.5, 0.6) is 0 Å². The monoisotopic (exact) mass is 300 g/mol. The van der Waals surface area contributed by atoms with Gasteiger partial charge >= 0.3 is 0 Å². The molecule has 0 fully saturated rings. The maximum absolute atomic E-state index is 12.3. The molecule has 1 unspecified atom stereocenters. The minimum atomic E-state index is -0.687. The Bertz CT molecular complexity index is 717. The third-order valence-electron chi connectivity index (χ3n) is 3.72. The van der Waals surface area contributed by atoms with Gasteiger partial charge in [0, 0.05) is 0 Å². The number of nitrogens with zero attached hydrogens (tertiary/aromatic N) is 4. The van der Waals surface area contributed by atoms with Crippen molar-refractivity contribution in [3.8, 4) is 0 Å². The minimum Gasteiger partial charge on any atom is -0.371 e. The lowest BCUT2D eigenvalue weighted by atomic mass is 9.94. The van der Waals surface area contributed by atoms with Gasteiger partial charge in [-0.3, -0.25) is 4.79 Å². The van der Waals surface area contributed by atoms with Gasteiger partial charge in [-0.2, -0.15) is 0 Å². The molecule has 0 saturated heterocycles. The van der Waals surface area contributed by atoms with Crippen molar-refractivity contribution in [3.05, 3.63) is 30.1 Å². The molecular weight excluding hydrogens is 280 g/mol. The number of aromatic nitrogens is 4. The maximum atomic E-state index is 12.3. The first-order chi connectivity index (χ1) is 10.3. The van der Waals surface area contributed by atoms with Gasteiger partial charge in [-0.05, 0) is 50.3 Å². The molecule has 1 aromatic carbocycles. The van der Waals surface area contributed by atoms with Crippen LogP contribution in [-0.2, 0) is 15.9 Å². The molecule has 2 N–H and O–H groups in total. The van der Waals surface area contributed by atoms with Crippen LogP contribution in [0, 0.1) is 0 Å². The summed E-state index contributed by atoms with van der Waals surface area (Å²) in [4.78, 5) is 12.3. The molecule has 7 heteroatoms. The van der Waals surface area contributed by atoms with Gasteiger partial charge in [-0.25, -0.2) is 4.68 Å². The standard InChI is InChI=1S/C15H20N6O/c1-14(2,3)21-13(18-19-20-21)15(4)9-12(22)16-10-7-5-6-8-11(10)17-15/h5-8,17H,9H2,1-4H3,(H,16,22). The number of para-hydroxylation sites is 2. The van der Waals surface area contributed by atoms with E-state index in [-0.39, 0.29) is 17.9 Å². The Hall–Kier alpha value is -2.44. The van der Waals surface area contributed by atoms with Crippen LogP contribution < -0.4 is 10.6 Å². The average molecular weight is 300 g/mol. The number of carbonyl (C=O) groups excluding carboxylic acids is 1. The van der Waals surface area contributed by atoms with Crippen molar-refractivity contribution in [2.45, 2.75) is 45.2 Å². The van der Waals surface area contributed by atoms with Gasteiger partial charge in [-0.15, -0.1) is 5.10 Å². The molecule has 0 bridgehead atoms. The van der Waals surface area contributed by atoms with E-state index in [9.17, 15) is 4.79 Å². The van der Waals surface area contributed by atoms with Gasteiger partial charge in [0.2, 0.25) is 5.91 Å². The third kappa shape index (κ3) is 2.43. The first-order valence-corrected chi connectivity index (χ1v) is 7.26. The summed E-state index contributed by atoms with van der Waals surface area (Å²) in [7, 11) is 0. The van der Waals surface area contributed by atoms with E-state index in [4.69, 9.17) is 0 Å². The first kappa shape index (κ1) is 14.5. The summed E-state index contributed by atoms with van der Waals surface area (Å²) in [6.45, 7) is 8.03.